The molecule has 0 bridgehead atoms. The Kier molecular flexibility index (Phi) is 6.43. The first kappa shape index (κ1) is 9.98. The number of rotatable bonds is 4. The Morgan fingerprint density at radius 2 is 2.18 bits per heavy atom. The minimum Gasteiger partial charge on any atom is -0.197 e. The smallest absolute Gasteiger partial charge is 0.197 e. The van der Waals surface area contributed by atoms with E-state index >= 15 is 0 Å². The van der Waals surface area contributed by atoms with Crippen LogP contribution in [0, 0.1) is 23.3 Å². The molecule has 1 unspecified atom stereocenters. The molecule has 0 radical (unpaired) electrons. The largest absolute Gasteiger partial charge is 0.291 e. The zero-order chi connectivity index (χ0) is 8.53. The summed E-state index contributed by atoms with van der Waals surface area (Å²) < 4.78 is 0. The maximum absolute atomic E-state index is 8.58. The van der Waals surface area contributed by atoms with Crippen molar-refractivity contribution in [2.75, 3.05) is 7.05 Å². The Bertz CT molecular complexity index is 180. The normalized spacial score (nSPS) is 11.0. The molecule has 0 aromatic heterocycles. The van der Waals surface area contributed by atoms with Gasteiger partial charge in [-0.1, -0.05) is 31.0 Å². The molecule has 0 N–H and O–H groups in total. The molecule has 2 nitrogen and oxygen atoms in total. The third kappa shape index (κ3) is 5.43. The van der Waals surface area contributed by atoms with E-state index in [0.717, 1.165) is 12.8 Å². The molecule has 0 aliphatic heterocycles. The van der Waals surface area contributed by atoms with Gasteiger partial charge in [-0.15, -0.1) is 0 Å². The molecule has 0 aromatic carbocycles. The number of hydrogen-bond donors (Lipinski definition) is 0. The van der Waals surface area contributed by atoms with Gasteiger partial charge in [0.2, 0.25) is 0 Å². The van der Waals surface area contributed by atoms with Crippen LogP contribution in [0.5, 0.6) is 0 Å². The molecule has 0 spiro atoms. The van der Waals surface area contributed by atoms with Crippen LogP contribution in [-0.2, 0) is 0 Å². The van der Waals surface area contributed by atoms with Crippen LogP contribution in [0.25, 0.3) is 4.85 Å². The van der Waals surface area contributed by atoms with E-state index in [2.05, 4.69) is 23.9 Å². The fourth-order valence-corrected chi connectivity index (χ4v) is 0.912. The second-order valence-corrected chi connectivity index (χ2v) is 2.53. The van der Waals surface area contributed by atoms with E-state index in [1.165, 1.54) is 12.8 Å². The highest BCUT2D eigenvalue weighted by Crippen LogP contribution is 2.07. The Balaban J connectivity index is 3.52. The monoisotopic (exact) mass is 151 g/mol. The summed E-state index contributed by atoms with van der Waals surface area (Å²) in [7, 11) is 1.66. The van der Waals surface area contributed by atoms with E-state index in [0.29, 0.717) is 0 Å². The Morgan fingerprint density at radius 3 is 2.64 bits per heavy atom. The summed E-state index contributed by atoms with van der Waals surface area (Å²) in [6.45, 7) is 2.15. The second kappa shape index (κ2) is 7.09. The van der Waals surface area contributed by atoms with Gasteiger partial charge in [-0.05, 0) is 6.42 Å². The molecule has 0 heterocycles. The van der Waals surface area contributed by atoms with Gasteiger partial charge in [-0.2, -0.15) is 5.26 Å². The first-order valence-corrected chi connectivity index (χ1v) is 4.09. The fraction of sp³-hybridized carbons (Fsp3) is 0.778. The van der Waals surface area contributed by atoms with Gasteiger partial charge in [0, 0.05) is 0 Å². The summed E-state index contributed by atoms with van der Waals surface area (Å²) in [6.07, 6.45) is 4.41. The maximum atomic E-state index is 8.58. The van der Waals surface area contributed by atoms with Crippen LogP contribution in [0.2, 0.25) is 0 Å². The number of nitrogens with zero attached hydrogens (tertiary/aromatic N) is 2. The van der Waals surface area contributed by atoms with E-state index in [4.69, 9.17) is 5.26 Å². The highest BCUT2D eigenvalue weighted by atomic mass is 14.6. The first-order valence-electron chi connectivity index (χ1n) is 4.09. The van der Waals surface area contributed by atoms with Crippen LogP contribution in [-0.4, -0.2) is 7.05 Å². The van der Waals surface area contributed by atoms with Crippen LogP contribution in [0.1, 0.15) is 32.6 Å². The molecule has 0 saturated carbocycles. The van der Waals surface area contributed by atoms with Crippen molar-refractivity contribution in [3.05, 3.63) is 4.85 Å². The second-order valence-electron chi connectivity index (χ2n) is 2.53. The average Bonchev–Trinajstić information content (AvgIpc) is 2.03. The summed E-state index contributed by atoms with van der Waals surface area (Å²) in [5, 5.41) is 8.58. The topological polar surface area (TPSA) is 28.1 Å². The van der Waals surface area contributed by atoms with Gasteiger partial charge in [0.1, 0.15) is 0 Å². The van der Waals surface area contributed by atoms with Gasteiger partial charge in [-0.25, -0.2) is 0 Å². The lowest BCUT2D eigenvalue weighted by atomic mass is 10.0. The van der Waals surface area contributed by atoms with Crippen molar-refractivity contribution >= 4 is 0 Å². The number of hydrogen-bond acceptors (Lipinski definition) is 1. The third-order valence-electron chi connectivity index (χ3n) is 1.54. The molecule has 60 valence electrons. The van der Waals surface area contributed by atoms with Crippen molar-refractivity contribution in [2.24, 2.45) is 5.92 Å². The molecule has 0 aliphatic rings. The molecule has 0 rings (SSSR count). The van der Waals surface area contributed by atoms with Crippen molar-refractivity contribution in [3.63, 3.8) is 0 Å². The Morgan fingerprint density at radius 1 is 1.45 bits per heavy atom. The third-order valence-corrected chi connectivity index (χ3v) is 1.54. The molecule has 0 aliphatic carbocycles. The molecule has 0 saturated heterocycles. The lowest BCUT2D eigenvalue weighted by Gasteiger charge is -1.94. The molecule has 11 heavy (non-hydrogen) atoms. The molecule has 0 amide bonds. The van der Waals surface area contributed by atoms with Gasteiger partial charge < -0.3 is 0 Å². The summed E-state index contributed by atoms with van der Waals surface area (Å²) in [5.41, 5.74) is 0. The van der Waals surface area contributed by atoms with E-state index in [1.807, 2.05) is 0 Å². The highest BCUT2D eigenvalue weighted by Gasteiger charge is 2.07. The summed E-state index contributed by atoms with van der Waals surface area (Å²) >= 11 is 0. The summed E-state index contributed by atoms with van der Waals surface area (Å²) in [5.74, 6) is -0.0912. The zero-order valence-corrected chi connectivity index (χ0v) is 7.30. The quantitative estimate of drug-likeness (QED) is 0.568. The molecular weight excluding hydrogens is 136 g/mol. The lowest BCUT2D eigenvalue weighted by molar-refractivity contribution is 0.627. The SMILES string of the molecule is CCCCCC(C#N)C#[N+]C. The summed E-state index contributed by atoms with van der Waals surface area (Å²) in [4.78, 5) is 3.71. The lowest BCUT2D eigenvalue weighted by Crippen LogP contribution is -1.91. The van der Waals surface area contributed by atoms with E-state index < -0.39 is 0 Å². The predicted molar refractivity (Wildman–Crippen MR) is 46.4 cm³/mol. The van der Waals surface area contributed by atoms with E-state index in [9.17, 15) is 0 Å². The maximum Gasteiger partial charge on any atom is 0.291 e. The minimum atomic E-state index is -0.0912. The van der Waals surface area contributed by atoms with Crippen molar-refractivity contribution in [1.82, 2.24) is 0 Å². The fourth-order valence-electron chi connectivity index (χ4n) is 0.912. The summed E-state index contributed by atoms with van der Waals surface area (Å²) in [6, 6.07) is 4.91. The van der Waals surface area contributed by atoms with Gasteiger partial charge in [0.05, 0.1) is 6.07 Å². The van der Waals surface area contributed by atoms with Crippen LogP contribution < -0.4 is 0 Å². The number of unbranched alkanes of at least 4 members (excludes halogenated alkanes) is 2. The van der Waals surface area contributed by atoms with Crippen LogP contribution in [0.4, 0.5) is 0 Å². The van der Waals surface area contributed by atoms with Gasteiger partial charge in [0.15, 0.2) is 5.92 Å². The standard InChI is InChI=1S/C9H15N2/c1-3-4-5-6-9(7-10)8-11-2/h9H,3-6H2,1-2H3/q+1. The molecule has 1 atom stereocenters. The van der Waals surface area contributed by atoms with Gasteiger partial charge >= 0.3 is 0 Å². The van der Waals surface area contributed by atoms with Gasteiger partial charge in [-0.3, -0.25) is 0 Å². The van der Waals surface area contributed by atoms with Crippen LogP contribution >= 0.6 is 0 Å². The Hall–Kier alpha value is -1.02. The first-order chi connectivity index (χ1) is 5.35. The highest BCUT2D eigenvalue weighted by molar-refractivity contribution is 5.03. The van der Waals surface area contributed by atoms with Crippen molar-refractivity contribution in [3.8, 4) is 12.1 Å². The number of nitriles is 1. The zero-order valence-electron chi connectivity index (χ0n) is 7.30. The van der Waals surface area contributed by atoms with Crippen molar-refractivity contribution in [1.29, 1.82) is 5.26 Å². The van der Waals surface area contributed by atoms with Gasteiger partial charge in [0.25, 0.3) is 13.1 Å². The molecule has 0 fully saturated rings. The van der Waals surface area contributed by atoms with Crippen molar-refractivity contribution in [2.45, 2.75) is 32.6 Å². The average molecular weight is 151 g/mol. The van der Waals surface area contributed by atoms with Crippen LogP contribution in [0.3, 0.4) is 0 Å². The van der Waals surface area contributed by atoms with Crippen molar-refractivity contribution < 1.29 is 0 Å². The molecule has 2 heteroatoms. The predicted octanol–water partition coefficient (Wildman–Crippen LogP) is 2.67. The van der Waals surface area contributed by atoms with E-state index in [-0.39, 0.29) is 5.92 Å². The van der Waals surface area contributed by atoms with E-state index in [1.54, 1.807) is 7.05 Å². The minimum absolute atomic E-state index is 0.0912. The van der Waals surface area contributed by atoms with Crippen LogP contribution in [0.15, 0.2) is 0 Å². The molecular formula is C9H15N2+. The molecule has 0 aromatic rings. The Labute approximate surface area is 68.7 Å².